The van der Waals surface area contributed by atoms with Crippen LogP contribution in [0, 0.1) is 11.2 Å². The molecule has 6 nitrogen and oxygen atoms in total. The Balaban J connectivity index is 1.29. The molecule has 0 spiro atoms. The SMILES string of the molecule is CCC1(COCCCCCCOc2ccc(/C=C/C(=O)Oc3ccc(OC(F)(F)F)c(F)c3)cc2)COC1. The molecule has 0 aromatic heterocycles. The van der Waals surface area contributed by atoms with Crippen molar-refractivity contribution in [2.24, 2.45) is 5.41 Å². The van der Waals surface area contributed by atoms with E-state index in [1.807, 2.05) is 0 Å². The lowest BCUT2D eigenvalue weighted by molar-refractivity contribution is -0.275. The summed E-state index contributed by atoms with van der Waals surface area (Å²) in [5.74, 6) is -2.68. The maximum absolute atomic E-state index is 13.7. The highest BCUT2D eigenvalue weighted by molar-refractivity contribution is 5.88. The van der Waals surface area contributed by atoms with E-state index in [-0.39, 0.29) is 11.2 Å². The monoisotopic (exact) mass is 540 g/mol. The first-order valence-electron chi connectivity index (χ1n) is 12.5. The number of hydrogen-bond donors (Lipinski definition) is 0. The number of esters is 1. The Morgan fingerprint density at radius 3 is 2.29 bits per heavy atom. The molecule has 0 aliphatic carbocycles. The van der Waals surface area contributed by atoms with Gasteiger partial charge < -0.3 is 23.7 Å². The first-order valence-corrected chi connectivity index (χ1v) is 12.5. The molecule has 0 atom stereocenters. The van der Waals surface area contributed by atoms with Crippen molar-refractivity contribution in [1.29, 1.82) is 0 Å². The zero-order valence-corrected chi connectivity index (χ0v) is 21.2. The second-order valence-corrected chi connectivity index (χ2v) is 9.13. The third kappa shape index (κ3) is 9.98. The highest BCUT2D eigenvalue weighted by Crippen LogP contribution is 2.31. The van der Waals surface area contributed by atoms with E-state index in [1.54, 1.807) is 24.3 Å². The minimum atomic E-state index is -5.03. The largest absolute Gasteiger partial charge is 0.573 e. The summed E-state index contributed by atoms with van der Waals surface area (Å²) in [5, 5.41) is 0. The van der Waals surface area contributed by atoms with Crippen LogP contribution in [0.5, 0.6) is 17.2 Å². The number of unbranched alkanes of at least 4 members (excludes halogenated alkanes) is 3. The molecule has 1 heterocycles. The number of benzene rings is 2. The van der Waals surface area contributed by atoms with Crippen LogP contribution in [0.25, 0.3) is 6.08 Å². The van der Waals surface area contributed by atoms with Crippen LogP contribution in [0.3, 0.4) is 0 Å². The van der Waals surface area contributed by atoms with Crippen LogP contribution in [0.1, 0.15) is 44.6 Å². The summed E-state index contributed by atoms with van der Waals surface area (Å²) in [7, 11) is 0. The molecule has 1 saturated heterocycles. The van der Waals surface area contributed by atoms with E-state index in [2.05, 4.69) is 11.7 Å². The number of hydrogen-bond acceptors (Lipinski definition) is 6. The molecule has 0 unspecified atom stereocenters. The molecule has 1 aliphatic heterocycles. The molecule has 0 N–H and O–H groups in total. The molecule has 38 heavy (non-hydrogen) atoms. The van der Waals surface area contributed by atoms with Gasteiger partial charge in [0.15, 0.2) is 11.6 Å². The smallest absolute Gasteiger partial charge is 0.494 e. The van der Waals surface area contributed by atoms with Crippen LogP contribution >= 0.6 is 0 Å². The minimum Gasteiger partial charge on any atom is -0.494 e. The third-order valence-electron chi connectivity index (χ3n) is 6.07. The van der Waals surface area contributed by atoms with Gasteiger partial charge in [-0.1, -0.05) is 25.5 Å². The van der Waals surface area contributed by atoms with Crippen LogP contribution in [0.4, 0.5) is 17.6 Å². The van der Waals surface area contributed by atoms with E-state index in [1.165, 1.54) is 6.08 Å². The fraction of sp³-hybridized carbons (Fsp3) is 0.464. The Kier molecular flexibility index (Phi) is 11.0. The second kappa shape index (κ2) is 14.2. The maximum atomic E-state index is 13.7. The summed E-state index contributed by atoms with van der Waals surface area (Å²) in [6, 6.07) is 9.45. The molecule has 0 amide bonds. The van der Waals surface area contributed by atoms with E-state index >= 15 is 0 Å². The van der Waals surface area contributed by atoms with Crippen molar-refractivity contribution in [3.05, 3.63) is 59.9 Å². The van der Waals surface area contributed by atoms with E-state index in [4.69, 9.17) is 18.9 Å². The lowest BCUT2D eigenvalue weighted by Gasteiger charge is -2.40. The number of halogens is 4. The Morgan fingerprint density at radius 2 is 1.68 bits per heavy atom. The summed E-state index contributed by atoms with van der Waals surface area (Å²) < 4.78 is 75.7. The molecule has 0 bridgehead atoms. The van der Waals surface area contributed by atoms with Gasteiger partial charge in [-0.2, -0.15) is 0 Å². The third-order valence-corrected chi connectivity index (χ3v) is 6.07. The first-order chi connectivity index (χ1) is 18.2. The number of alkyl halides is 3. The number of rotatable bonds is 15. The van der Waals surface area contributed by atoms with Crippen molar-refractivity contribution in [2.75, 3.05) is 33.0 Å². The van der Waals surface area contributed by atoms with Gasteiger partial charge in [0.1, 0.15) is 11.5 Å². The van der Waals surface area contributed by atoms with Crippen molar-refractivity contribution in [3.63, 3.8) is 0 Å². The molecule has 3 rings (SSSR count). The molecule has 10 heteroatoms. The van der Waals surface area contributed by atoms with Gasteiger partial charge >= 0.3 is 12.3 Å². The van der Waals surface area contributed by atoms with E-state index in [9.17, 15) is 22.4 Å². The Labute approximate surface area is 219 Å². The van der Waals surface area contributed by atoms with Crippen LogP contribution < -0.4 is 14.2 Å². The molecular formula is C28H32F4O6. The lowest BCUT2D eigenvalue weighted by Crippen LogP contribution is -2.45. The molecule has 1 aliphatic rings. The number of ether oxygens (including phenoxy) is 5. The van der Waals surface area contributed by atoms with Gasteiger partial charge in [0.25, 0.3) is 0 Å². The molecular weight excluding hydrogens is 508 g/mol. The lowest BCUT2D eigenvalue weighted by atomic mass is 9.84. The van der Waals surface area contributed by atoms with Crippen molar-refractivity contribution in [2.45, 2.75) is 45.4 Å². The predicted molar refractivity (Wildman–Crippen MR) is 133 cm³/mol. The number of carbonyl (C=O) groups is 1. The molecule has 2 aromatic carbocycles. The van der Waals surface area contributed by atoms with Gasteiger partial charge in [0.05, 0.1) is 26.4 Å². The molecule has 208 valence electrons. The zero-order valence-electron chi connectivity index (χ0n) is 21.2. The molecule has 0 radical (unpaired) electrons. The van der Waals surface area contributed by atoms with Crippen LogP contribution in [-0.4, -0.2) is 45.4 Å². The highest BCUT2D eigenvalue weighted by Gasteiger charge is 2.36. The van der Waals surface area contributed by atoms with E-state index in [0.29, 0.717) is 24.0 Å². The van der Waals surface area contributed by atoms with Crippen molar-refractivity contribution >= 4 is 12.0 Å². The van der Waals surface area contributed by atoms with Gasteiger partial charge in [-0.15, -0.1) is 13.2 Å². The fourth-order valence-corrected chi connectivity index (χ4v) is 3.66. The number of carbonyl (C=O) groups excluding carboxylic acids is 1. The van der Waals surface area contributed by atoms with Crippen molar-refractivity contribution < 1.29 is 46.0 Å². The Morgan fingerprint density at radius 1 is 1.00 bits per heavy atom. The van der Waals surface area contributed by atoms with E-state index in [0.717, 1.165) is 76.7 Å². The molecule has 1 fully saturated rings. The Bertz CT molecular complexity index is 1040. The van der Waals surface area contributed by atoms with Crippen molar-refractivity contribution in [1.82, 2.24) is 0 Å². The minimum absolute atomic E-state index is 0.233. The Hall–Kier alpha value is -3.11. The van der Waals surface area contributed by atoms with Gasteiger partial charge in [-0.05, 0) is 61.6 Å². The molecule has 0 saturated carbocycles. The average molecular weight is 541 g/mol. The van der Waals surface area contributed by atoms with Crippen LogP contribution in [0.2, 0.25) is 0 Å². The summed E-state index contributed by atoms with van der Waals surface area (Å²) in [4.78, 5) is 12.0. The summed E-state index contributed by atoms with van der Waals surface area (Å²) in [6.45, 7) is 5.92. The summed E-state index contributed by atoms with van der Waals surface area (Å²) in [5.41, 5.74) is 0.935. The fourth-order valence-electron chi connectivity index (χ4n) is 3.66. The quantitative estimate of drug-likeness (QED) is 0.0821. The van der Waals surface area contributed by atoms with Crippen LogP contribution in [0.15, 0.2) is 48.5 Å². The maximum Gasteiger partial charge on any atom is 0.573 e. The zero-order chi connectivity index (χ0) is 27.4. The topological polar surface area (TPSA) is 63.2 Å². The molecule has 2 aromatic rings. The normalized spacial score (nSPS) is 14.8. The standard InChI is InChI=1S/C28H32F4O6/c1-2-27(19-35-20-27)18-34-15-5-3-4-6-16-36-22-10-7-21(8-11-22)9-14-26(33)37-23-12-13-25(24(29)17-23)38-28(30,31)32/h7-14,17H,2-6,15-16,18-20H2,1H3/b14-9+. The second-order valence-electron chi connectivity index (χ2n) is 9.13. The summed E-state index contributed by atoms with van der Waals surface area (Å²) >= 11 is 0. The van der Waals surface area contributed by atoms with Gasteiger partial charge in [-0.25, -0.2) is 9.18 Å². The highest BCUT2D eigenvalue weighted by atomic mass is 19.4. The van der Waals surface area contributed by atoms with Crippen LogP contribution in [-0.2, 0) is 14.3 Å². The van der Waals surface area contributed by atoms with Crippen molar-refractivity contribution in [3.8, 4) is 17.2 Å². The van der Waals surface area contributed by atoms with Gasteiger partial charge in [0.2, 0.25) is 0 Å². The average Bonchev–Trinajstić information content (AvgIpc) is 2.85. The van der Waals surface area contributed by atoms with Gasteiger partial charge in [0, 0.05) is 24.2 Å². The van der Waals surface area contributed by atoms with E-state index < -0.39 is 23.9 Å². The van der Waals surface area contributed by atoms with Gasteiger partial charge in [-0.3, -0.25) is 0 Å². The predicted octanol–water partition coefficient (Wildman–Crippen LogP) is 6.73. The summed E-state index contributed by atoms with van der Waals surface area (Å²) in [6.07, 6.45) is 2.77. The first kappa shape index (κ1) is 29.4.